The number of benzene rings is 1. The summed E-state index contributed by atoms with van der Waals surface area (Å²) in [6.07, 6.45) is 2.65. The molecule has 1 aromatic rings. The summed E-state index contributed by atoms with van der Waals surface area (Å²) in [5.74, 6) is 0.696. The smallest absolute Gasteiger partial charge is 0.126 e. The standard InChI is InChI=1S/C15H21FN2.2ClH/c1-11-10-13(4-5-14(11)16)15(12-2-3-12)18-8-6-17-7-9-18;;/h4-5,10,12,15,17H,2-3,6-9H2,1H3;2*1H/t15-;;/m1../s1. The van der Waals surface area contributed by atoms with Crippen molar-refractivity contribution in [1.82, 2.24) is 10.2 Å². The minimum absolute atomic E-state index is 0. The van der Waals surface area contributed by atoms with Crippen molar-refractivity contribution in [3.8, 4) is 0 Å². The summed E-state index contributed by atoms with van der Waals surface area (Å²) in [7, 11) is 0. The summed E-state index contributed by atoms with van der Waals surface area (Å²) in [4.78, 5) is 2.57. The van der Waals surface area contributed by atoms with E-state index in [0.717, 1.165) is 37.7 Å². The van der Waals surface area contributed by atoms with Gasteiger partial charge in [0.15, 0.2) is 0 Å². The van der Waals surface area contributed by atoms with E-state index in [0.29, 0.717) is 6.04 Å². The molecule has 2 fully saturated rings. The Balaban J connectivity index is 0.000001000. The molecule has 1 heterocycles. The van der Waals surface area contributed by atoms with Crippen LogP contribution in [0.15, 0.2) is 18.2 Å². The quantitative estimate of drug-likeness (QED) is 0.919. The third-order valence-corrected chi connectivity index (χ3v) is 4.14. The fourth-order valence-corrected chi connectivity index (χ4v) is 3.01. The highest BCUT2D eigenvalue weighted by molar-refractivity contribution is 5.85. The maximum Gasteiger partial charge on any atom is 0.126 e. The number of piperazine rings is 1. The molecule has 2 aliphatic rings. The molecule has 0 spiro atoms. The molecule has 0 radical (unpaired) electrons. The molecule has 1 N–H and O–H groups in total. The van der Waals surface area contributed by atoms with Gasteiger partial charge in [-0.1, -0.05) is 12.1 Å². The van der Waals surface area contributed by atoms with Crippen LogP contribution in [0.25, 0.3) is 0 Å². The zero-order chi connectivity index (χ0) is 12.5. The number of aryl methyl sites for hydroxylation is 1. The van der Waals surface area contributed by atoms with Gasteiger partial charge in [0.2, 0.25) is 0 Å². The second-order valence-electron chi connectivity index (χ2n) is 5.58. The van der Waals surface area contributed by atoms with Crippen LogP contribution in [-0.2, 0) is 0 Å². The van der Waals surface area contributed by atoms with Crippen molar-refractivity contribution in [3.05, 3.63) is 35.1 Å². The van der Waals surface area contributed by atoms with Gasteiger partial charge in [-0.25, -0.2) is 4.39 Å². The molecule has 2 nitrogen and oxygen atoms in total. The van der Waals surface area contributed by atoms with E-state index in [1.165, 1.54) is 18.4 Å². The lowest BCUT2D eigenvalue weighted by molar-refractivity contribution is 0.156. The monoisotopic (exact) mass is 320 g/mol. The summed E-state index contributed by atoms with van der Waals surface area (Å²) in [6, 6.07) is 6.15. The van der Waals surface area contributed by atoms with Crippen molar-refractivity contribution >= 4 is 24.8 Å². The van der Waals surface area contributed by atoms with E-state index in [4.69, 9.17) is 0 Å². The molecule has 0 amide bonds. The van der Waals surface area contributed by atoms with E-state index in [2.05, 4.69) is 10.2 Å². The van der Waals surface area contributed by atoms with E-state index in [-0.39, 0.29) is 30.6 Å². The Kier molecular flexibility index (Phi) is 6.73. The molecule has 114 valence electrons. The third-order valence-electron chi connectivity index (χ3n) is 4.14. The molecule has 20 heavy (non-hydrogen) atoms. The van der Waals surface area contributed by atoms with Gasteiger partial charge >= 0.3 is 0 Å². The predicted octanol–water partition coefficient (Wildman–Crippen LogP) is 3.33. The van der Waals surface area contributed by atoms with E-state index < -0.39 is 0 Å². The second kappa shape index (κ2) is 7.60. The Morgan fingerprint density at radius 2 is 1.85 bits per heavy atom. The zero-order valence-electron chi connectivity index (χ0n) is 11.8. The third kappa shape index (κ3) is 3.85. The molecule has 0 aromatic heterocycles. The summed E-state index contributed by atoms with van der Waals surface area (Å²) in [6.45, 7) is 6.22. The molecular formula is C15H23Cl2FN2. The highest BCUT2D eigenvalue weighted by atomic mass is 35.5. The molecule has 1 aliphatic heterocycles. The van der Waals surface area contributed by atoms with Crippen LogP contribution in [0.1, 0.15) is 30.0 Å². The van der Waals surface area contributed by atoms with Crippen molar-refractivity contribution in [1.29, 1.82) is 0 Å². The zero-order valence-corrected chi connectivity index (χ0v) is 13.4. The van der Waals surface area contributed by atoms with Gasteiger partial charge in [0, 0.05) is 32.2 Å². The maximum atomic E-state index is 13.4. The Morgan fingerprint density at radius 1 is 1.20 bits per heavy atom. The first kappa shape index (κ1) is 17.7. The molecular weight excluding hydrogens is 298 g/mol. The fraction of sp³-hybridized carbons (Fsp3) is 0.600. The van der Waals surface area contributed by atoms with Crippen LogP contribution in [-0.4, -0.2) is 31.1 Å². The lowest BCUT2D eigenvalue weighted by Crippen LogP contribution is -2.45. The van der Waals surface area contributed by atoms with Gasteiger partial charge in [-0.05, 0) is 42.9 Å². The van der Waals surface area contributed by atoms with Crippen LogP contribution in [0.2, 0.25) is 0 Å². The van der Waals surface area contributed by atoms with Gasteiger partial charge in [-0.2, -0.15) is 0 Å². The normalized spacial score (nSPS) is 20.7. The van der Waals surface area contributed by atoms with Crippen LogP contribution in [0.5, 0.6) is 0 Å². The lowest BCUT2D eigenvalue weighted by atomic mass is 9.98. The topological polar surface area (TPSA) is 15.3 Å². The number of nitrogens with one attached hydrogen (secondary N) is 1. The lowest BCUT2D eigenvalue weighted by Gasteiger charge is -2.35. The summed E-state index contributed by atoms with van der Waals surface area (Å²) in [5, 5.41) is 3.40. The first-order valence-electron chi connectivity index (χ1n) is 6.96. The Bertz CT molecular complexity index is 432. The van der Waals surface area contributed by atoms with Gasteiger partial charge in [-0.15, -0.1) is 24.8 Å². The first-order valence-corrected chi connectivity index (χ1v) is 6.96. The largest absolute Gasteiger partial charge is 0.314 e. The average molecular weight is 321 g/mol. The Hall–Kier alpha value is -0.350. The molecule has 5 heteroatoms. The van der Waals surface area contributed by atoms with Crippen molar-refractivity contribution in [3.63, 3.8) is 0 Å². The Morgan fingerprint density at radius 3 is 2.40 bits per heavy atom. The van der Waals surface area contributed by atoms with Crippen molar-refractivity contribution in [2.45, 2.75) is 25.8 Å². The predicted molar refractivity (Wildman–Crippen MR) is 85.5 cm³/mol. The van der Waals surface area contributed by atoms with Crippen LogP contribution in [0.3, 0.4) is 0 Å². The SMILES string of the molecule is Cc1cc([C@@H](C2CC2)N2CCNCC2)ccc1F.Cl.Cl. The molecule has 1 aliphatic carbocycles. The van der Waals surface area contributed by atoms with Crippen LogP contribution in [0, 0.1) is 18.7 Å². The van der Waals surface area contributed by atoms with Gasteiger partial charge in [-0.3, -0.25) is 4.90 Å². The van der Waals surface area contributed by atoms with Crippen molar-refractivity contribution in [2.24, 2.45) is 5.92 Å². The first-order chi connectivity index (χ1) is 8.75. The van der Waals surface area contributed by atoms with Crippen molar-refractivity contribution < 1.29 is 4.39 Å². The van der Waals surface area contributed by atoms with Gasteiger partial charge in [0.1, 0.15) is 5.82 Å². The summed E-state index contributed by atoms with van der Waals surface area (Å²) < 4.78 is 13.4. The maximum absolute atomic E-state index is 13.4. The van der Waals surface area contributed by atoms with Gasteiger partial charge < -0.3 is 5.32 Å². The van der Waals surface area contributed by atoms with E-state index >= 15 is 0 Å². The number of rotatable bonds is 3. The molecule has 1 saturated heterocycles. The highest BCUT2D eigenvalue weighted by Gasteiger charge is 2.36. The molecule has 0 unspecified atom stereocenters. The highest BCUT2D eigenvalue weighted by Crippen LogP contribution is 2.44. The van der Waals surface area contributed by atoms with E-state index in [9.17, 15) is 4.39 Å². The fourth-order valence-electron chi connectivity index (χ4n) is 3.01. The van der Waals surface area contributed by atoms with Gasteiger partial charge in [0.05, 0.1) is 0 Å². The molecule has 1 atom stereocenters. The number of nitrogens with zero attached hydrogens (tertiary/aromatic N) is 1. The summed E-state index contributed by atoms with van der Waals surface area (Å²) in [5.41, 5.74) is 2.08. The molecule has 1 aromatic carbocycles. The minimum Gasteiger partial charge on any atom is -0.314 e. The molecule has 3 rings (SSSR count). The number of hydrogen-bond donors (Lipinski definition) is 1. The van der Waals surface area contributed by atoms with Crippen LogP contribution in [0.4, 0.5) is 4.39 Å². The second-order valence-corrected chi connectivity index (χ2v) is 5.58. The summed E-state index contributed by atoms with van der Waals surface area (Å²) >= 11 is 0. The van der Waals surface area contributed by atoms with Crippen LogP contribution < -0.4 is 5.32 Å². The molecule has 1 saturated carbocycles. The van der Waals surface area contributed by atoms with Crippen LogP contribution >= 0.6 is 24.8 Å². The molecule has 0 bridgehead atoms. The average Bonchev–Trinajstić information content (AvgIpc) is 3.20. The minimum atomic E-state index is -0.0893. The van der Waals surface area contributed by atoms with E-state index in [1.807, 2.05) is 19.1 Å². The number of hydrogen-bond acceptors (Lipinski definition) is 2. The van der Waals surface area contributed by atoms with E-state index in [1.54, 1.807) is 6.07 Å². The number of halogens is 3. The Labute approximate surface area is 132 Å². The van der Waals surface area contributed by atoms with Crippen molar-refractivity contribution in [2.75, 3.05) is 26.2 Å². The van der Waals surface area contributed by atoms with Gasteiger partial charge in [0.25, 0.3) is 0 Å².